The number of aliphatic carboxylic acids is 1. The number of hydrogen-bond acceptors (Lipinski definition) is 6. The van der Waals surface area contributed by atoms with Crippen LogP contribution in [0.25, 0.3) is 0 Å². The highest BCUT2D eigenvalue weighted by Crippen LogP contribution is 2.36. The minimum Gasteiger partial charge on any atom is -0.479 e. The van der Waals surface area contributed by atoms with Gasteiger partial charge in [0.2, 0.25) is 6.79 Å². The SMILES string of the molecule is O=Cc1cc2c(cc1C(O)C(O)C(=O)O)OCO2. The van der Waals surface area contributed by atoms with Crippen LogP contribution < -0.4 is 9.47 Å². The summed E-state index contributed by atoms with van der Waals surface area (Å²) < 4.78 is 10.1. The molecule has 3 N–H and O–H groups in total. The third-order valence-corrected chi connectivity index (χ3v) is 2.58. The summed E-state index contributed by atoms with van der Waals surface area (Å²) in [6, 6.07) is 2.60. The van der Waals surface area contributed by atoms with Crippen molar-refractivity contribution in [2.24, 2.45) is 0 Å². The molecule has 0 amide bonds. The van der Waals surface area contributed by atoms with Gasteiger partial charge in [-0.25, -0.2) is 4.79 Å². The average Bonchev–Trinajstić information content (AvgIpc) is 2.82. The molecular weight excluding hydrogens is 244 g/mol. The van der Waals surface area contributed by atoms with Crippen molar-refractivity contribution in [3.05, 3.63) is 23.3 Å². The number of carbonyl (C=O) groups is 2. The maximum absolute atomic E-state index is 10.9. The lowest BCUT2D eigenvalue weighted by Gasteiger charge is -2.16. The molecule has 2 unspecified atom stereocenters. The van der Waals surface area contributed by atoms with Crippen molar-refractivity contribution in [1.29, 1.82) is 0 Å². The second kappa shape index (κ2) is 4.63. The third-order valence-electron chi connectivity index (χ3n) is 2.58. The van der Waals surface area contributed by atoms with Crippen molar-refractivity contribution in [1.82, 2.24) is 0 Å². The van der Waals surface area contributed by atoms with Gasteiger partial charge in [-0.3, -0.25) is 4.79 Å². The van der Waals surface area contributed by atoms with Crippen LogP contribution in [0.3, 0.4) is 0 Å². The molecule has 2 rings (SSSR count). The minimum atomic E-state index is -2.02. The van der Waals surface area contributed by atoms with Crippen molar-refractivity contribution >= 4 is 12.3 Å². The Morgan fingerprint density at radius 3 is 2.44 bits per heavy atom. The molecule has 0 saturated heterocycles. The Kier molecular flexibility index (Phi) is 3.17. The molecular formula is C11H10O7. The van der Waals surface area contributed by atoms with Crippen LogP contribution in [-0.4, -0.2) is 40.5 Å². The van der Waals surface area contributed by atoms with E-state index < -0.39 is 18.2 Å². The zero-order valence-corrected chi connectivity index (χ0v) is 9.07. The lowest BCUT2D eigenvalue weighted by molar-refractivity contribution is -0.153. The van der Waals surface area contributed by atoms with E-state index in [0.717, 1.165) is 0 Å². The first-order chi connectivity index (χ1) is 8.54. The van der Waals surface area contributed by atoms with Crippen LogP contribution in [0.4, 0.5) is 0 Å². The maximum atomic E-state index is 10.9. The van der Waals surface area contributed by atoms with E-state index in [2.05, 4.69) is 0 Å². The van der Waals surface area contributed by atoms with E-state index in [1.165, 1.54) is 12.1 Å². The fraction of sp³-hybridized carbons (Fsp3) is 0.273. The molecule has 18 heavy (non-hydrogen) atoms. The highest BCUT2D eigenvalue weighted by Gasteiger charge is 2.29. The zero-order valence-electron chi connectivity index (χ0n) is 9.07. The van der Waals surface area contributed by atoms with Gasteiger partial charge in [-0.05, 0) is 17.7 Å². The Morgan fingerprint density at radius 2 is 1.89 bits per heavy atom. The van der Waals surface area contributed by atoms with Gasteiger partial charge < -0.3 is 24.8 Å². The summed E-state index contributed by atoms with van der Waals surface area (Å²) in [6.07, 6.45) is -3.31. The van der Waals surface area contributed by atoms with E-state index in [0.29, 0.717) is 12.0 Å². The van der Waals surface area contributed by atoms with Crippen LogP contribution in [0.15, 0.2) is 12.1 Å². The maximum Gasteiger partial charge on any atom is 0.335 e. The third kappa shape index (κ3) is 2.01. The molecule has 0 saturated carbocycles. The summed E-state index contributed by atoms with van der Waals surface area (Å²) in [6.45, 7) is -0.0192. The van der Waals surface area contributed by atoms with E-state index in [9.17, 15) is 19.8 Å². The van der Waals surface area contributed by atoms with Crippen molar-refractivity contribution < 1.29 is 34.4 Å². The topological polar surface area (TPSA) is 113 Å². The predicted octanol–water partition coefficient (Wildman–Crippen LogP) is -0.293. The highest BCUT2D eigenvalue weighted by molar-refractivity contribution is 5.81. The Balaban J connectivity index is 2.43. The standard InChI is InChI=1S/C11H10O7/c12-3-5-1-7-8(18-4-17-7)2-6(5)9(13)10(14)11(15)16/h1-3,9-10,13-14H,4H2,(H,15,16). The van der Waals surface area contributed by atoms with Gasteiger partial charge in [-0.2, -0.15) is 0 Å². The predicted molar refractivity (Wildman–Crippen MR) is 56.6 cm³/mol. The van der Waals surface area contributed by atoms with E-state index in [1.54, 1.807) is 0 Å². The van der Waals surface area contributed by atoms with Crippen LogP contribution in [0.1, 0.15) is 22.0 Å². The zero-order chi connectivity index (χ0) is 13.3. The quantitative estimate of drug-likeness (QED) is 0.632. The summed E-state index contributed by atoms with van der Waals surface area (Å²) in [4.78, 5) is 21.5. The molecule has 2 atom stereocenters. The number of rotatable bonds is 4. The first-order valence-corrected chi connectivity index (χ1v) is 5.02. The molecule has 1 aromatic carbocycles. The van der Waals surface area contributed by atoms with Gasteiger partial charge in [0, 0.05) is 5.56 Å². The molecule has 0 aromatic heterocycles. The molecule has 0 radical (unpaired) electrons. The minimum absolute atomic E-state index is 0.0192. The number of aldehydes is 1. The lowest BCUT2D eigenvalue weighted by atomic mass is 9.98. The van der Waals surface area contributed by atoms with E-state index in [1.807, 2.05) is 0 Å². The second-order valence-corrected chi connectivity index (χ2v) is 3.68. The lowest BCUT2D eigenvalue weighted by Crippen LogP contribution is -2.28. The van der Waals surface area contributed by atoms with Crippen LogP contribution in [0.2, 0.25) is 0 Å². The van der Waals surface area contributed by atoms with Crippen molar-refractivity contribution in [2.75, 3.05) is 6.79 Å². The summed E-state index contributed by atoms with van der Waals surface area (Å²) >= 11 is 0. The molecule has 0 bridgehead atoms. The van der Waals surface area contributed by atoms with Crippen LogP contribution in [-0.2, 0) is 4.79 Å². The van der Waals surface area contributed by atoms with Gasteiger partial charge in [-0.1, -0.05) is 0 Å². The first kappa shape index (κ1) is 12.3. The van der Waals surface area contributed by atoms with Crippen molar-refractivity contribution in [2.45, 2.75) is 12.2 Å². The highest BCUT2D eigenvalue weighted by atomic mass is 16.7. The van der Waals surface area contributed by atoms with Crippen LogP contribution in [0, 0.1) is 0 Å². The Labute approximate surface area is 101 Å². The largest absolute Gasteiger partial charge is 0.479 e. The van der Waals surface area contributed by atoms with Crippen molar-refractivity contribution in [3.63, 3.8) is 0 Å². The molecule has 0 spiro atoms. The summed E-state index contributed by atoms with van der Waals surface area (Å²) in [5.41, 5.74) is 0.0104. The van der Waals surface area contributed by atoms with Gasteiger partial charge in [0.25, 0.3) is 0 Å². The van der Waals surface area contributed by atoms with E-state index in [-0.39, 0.29) is 23.7 Å². The molecule has 0 aliphatic carbocycles. The molecule has 0 fully saturated rings. The summed E-state index contributed by atoms with van der Waals surface area (Å²) in [7, 11) is 0. The van der Waals surface area contributed by atoms with Gasteiger partial charge in [0.05, 0.1) is 0 Å². The molecule has 1 heterocycles. The normalized spacial score (nSPS) is 16.1. The second-order valence-electron chi connectivity index (χ2n) is 3.68. The number of aliphatic hydroxyl groups is 2. The first-order valence-electron chi connectivity index (χ1n) is 5.02. The Hall–Kier alpha value is -2.12. The van der Waals surface area contributed by atoms with Crippen molar-refractivity contribution in [3.8, 4) is 11.5 Å². The number of carbonyl (C=O) groups excluding carboxylic acids is 1. The fourth-order valence-corrected chi connectivity index (χ4v) is 1.64. The number of carboxylic acids is 1. The van der Waals surface area contributed by atoms with Crippen LogP contribution >= 0.6 is 0 Å². The molecule has 1 aliphatic rings. The number of ether oxygens (including phenoxy) is 2. The molecule has 7 heteroatoms. The average molecular weight is 254 g/mol. The summed E-state index contributed by atoms with van der Waals surface area (Å²) in [5.74, 6) is -0.970. The molecule has 1 aromatic rings. The number of hydrogen-bond donors (Lipinski definition) is 3. The number of aliphatic hydroxyl groups excluding tert-OH is 2. The summed E-state index contributed by atoms with van der Waals surface area (Å²) in [5, 5.41) is 27.6. The van der Waals surface area contributed by atoms with E-state index in [4.69, 9.17) is 14.6 Å². The number of carboxylic acid groups (broad SMARTS) is 1. The van der Waals surface area contributed by atoms with Gasteiger partial charge in [0.1, 0.15) is 6.10 Å². The van der Waals surface area contributed by atoms with Gasteiger partial charge in [-0.15, -0.1) is 0 Å². The van der Waals surface area contributed by atoms with E-state index >= 15 is 0 Å². The van der Waals surface area contributed by atoms with Crippen LogP contribution in [0.5, 0.6) is 11.5 Å². The van der Waals surface area contributed by atoms with Gasteiger partial charge in [0.15, 0.2) is 23.9 Å². The Bertz CT molecular complexity index is 496. The smallest absolute Gasteiger partial charge is 0.335 e. The fourth-order valence-electron chi connectivity index (χ4n) is 1.64. The Morgan fingerprint density at radius 1 is 1.28 bits per heavy atom. The number of fused-ring (bicyclic) bond motifs is 1. The molecule has 7 nitrogen and oxygen atoms in total. The number of benzene rings is 1. The van der Waals surface area contributed by atoms with Gasteiger partial charge >= 0.3 is 5.97 Å². The molecule has 1 aliphatic heterocycles. The monoisotopic (exact) mass is 254 g/mol. The molecule has 96 valence electrons.